The van der Waals surface area contributed by atoms with Gasteiger partial charge in [-0.15, -0.1) is 10.2 Å². The molecule has 0 spiro atoms. The fraction of sp³-hybridized carbons (Fsp3) is 0.312. The summed E-state index contributed by atoms with van der Waals surface area (Å²) < 4.78 is 0. The Labute approximate surface area is 142 Å². The van der Waals surface area contributed by atoms with Gasteiger partial charge < -0.3 is 5.32 Å². The molecule has 7 nitrogen and oxygen atoms in total. The Morgan fingerprint density at radius 1 is 1.08 bits per heavy atom. The van der Waals surface area contributed by atoms with E-state index in [9.17, 15) is 14.4 Å². The highest BCUT2D eigenvalue weighted by Crippen LogP contribution is 2.22. The van der Waals surface area contributed by atoms with E-state index in [4.69, 9.17) is 0 Å². The summed E-state index contributed by atoms with van der Waals surface area (Å²) in [6.45, 7) is 0.379. The number of hydrogen-bond acceptors (Lipinski definition) is 6. The molecule has 0 saturated heterocycles. The average molecular weight is 344 g/mol. The molecular weight excluding hydrogens is 328 g/mol. The van der Waals surface area contributed by atoms with Gasteiger partial charge in [0.1, 0.15) is 5.51 Å². The molecule has 24 heavy (non-hydrogen) atoms. The first-order chi connectivity index (χ1) is 11.7. The van der Waals surface area contributed by atoms with Crippen molar-refractivity contribution in [3.05, 3.63) is 40.9 Å². The summed E-state index contributed by atoms with van der Waals surface area (Å²) in [5.74, 6) is -0.568. The van der Waals surface area contributed by atoms with Crippen molar-refractivity contribution < 1.29 is 14.4 Å². The van der Waals surface area contributed by atoms with Crippen molar-refractivity contribution in [3.63, 3.8) is 0 Å². The van der Waals surface area contributed by atoms with E-state index >= 15 is 0 Å². The zero-order chi connectivity index (χ0) is 16.9. The average Bonchev–Trinajstić information content (AvgIpc) is 3.17. The van der Waals surface area contributed by atoms with Crippen molar-refractivity contribution in [3.8, 4) is 0 Å². The molecule has 0 radical (unpaired) electrons. The summed E-state index contributed by atoms with van der Waals surface area (Å²) in [4.78, 5) is 37.3. The van der Waals surface area contributed by atoms with Gasteiger partial charge in [-0.05, 0) is 25.0 Å². The normalized spacial score (nSPS) is 13.2. The molecule has 3 rings (SSSR count). The number of carbonyl (C=O) groups excluding carboxylic acids is 3. The minimum absolute atomic E-state index is 0.104. The van der Waals surface area contributed by atoms with Crippen LogP contribution in [0.4, 0.5) is 5.13 Å². The van der Waals surface area contributed by atoms with Crippen molar-refractivity contribution in [2.24, 2.45) is 0 Å². The maximum atomic E-state index is 12.2. The zero-order valence-electron chi connectivity index (χ0n) is 12.9. The monoisotopic (exact) mass is 344 g/mol. The van der Waals surface area contributed by atoms with Crippen LogP contribution in [0.5, 0.6) is 0 Å². The SMILES string of the molecule is O=C(CCCCCN1C(=O)c2ccccc2C1=O)Nc1nncs1. The predicted molar refractivity (Wildman–Crippen MR) is 88.8 cm³/mol. The fourth-order valence-electron chi connectivity index (χ4n) is 2.58. The Morgan fingerprint density at radius 2 is 1.79 bits per heavy atom. The van der Waals surface area contributed by atoms with Crippen molar-refractivity contribution in [2.45, 2.75) is 25.7 Å². The number of aromatic nitrogens is 2. The summed E-state index contributed by atoms with van der Waals surface area (Å²) >= 11 is 1.27. The lowest BCUT2D eigenvalue weighted by atomic mass is 10.1. The number of nitrogens with zero attached hydrogens (tertiary/aromatic N) is 3. The van der Waals surface area contributed by atoms with Gasteiger partial charge >= 0.3 is 0 Å². The first-order valence-electron chi connectivity index (χ1n) is 7.68. The fourth-order valence-corrected chi connectivity index (χ4v) is 3.04. The van der Waals surface area contributed by atoms with Gasteiger partial charge in [-0.25, -0.2) is 0 Å². The maximum Gasteiger partial charge on any atom is 0.261 e. The second-order valence-corrected chi connectivity index (χ2v) is 6.24. The van der Waals surface area contributed by atoms with Crippen LogP contribution in [0.15, 0.2) is 29.8 Å². The van der Waals surface area contributed by atoms with E-state index in [1.165, 1.54) is 16.2 Å². The number of anilines is 1. The molecule has 0 fully saturated rings. The van der Waals surface area contributed by atoms with E-state index in [0.717, 1.165) is 6.42 Å². The Hall–Kier alpha value is -2.61. The van der Waals surface area contributed by atoms with E-state index < -0.39 is 0 Å². The van der Waals surface area contributed by atoms with E-state index in [0.29, 0.717) is 42.1 Å². The molecule has 1 aliphatic heterocycles. The molecule has 0 bridgehead atoms. The second kappa shape index (κ2) is 7.31. The van der Waals surface area contributed by atoms with Gasteiger partial charge in [0.25, 0.3) is 11.8 Å². The van der Waals surface area contributed by atoms with E-state index in [1.807, 2.05) is 0 Å². The first kappa shape index (κ1) is 16.3. The minimum Gasteiger partial charge on any atom is -0.301 e. The Bertz CT molecular complexity index is 725. The van der Waals surface area contributed by atoms with Gasteiger partial charge in [0.2, 0.25) is 11.0 Å². The summed E-state index contributed by atoms with van der Waals surface area (Å²) in [5, 5.41) is 10.5. The number of carbonyl (C=O) groups is 3. The smallest absolute Gasteiger partial charge is 0.261 e. The summed E-state index contributed by atoms with van der Waals surface area (Å²) in [7, 11) is 0. The van der Waals surface area contributed by atoms with Gasteiger partial charge in [-0.3, -0.25) is 19.3 Å². The number of nitrogens with one attached hydrogen (secondary N) is 1. The highest BCUT2D eigenvalue weighted by molar-refractivity contribution is 7.13. The van der Waals surface area contributed by atoms with E-state index in [-0.39, 0.29) is 17.7 Å². The number of unbranched alkanes of at least 4 members (excludes halogenated alkanes) is 2. The van der Waals surface area contributed by atoms with Crippen LogP contribution in [0, 0.1) is 0 Å². The van der Waals surface area contributed by atoms with Gasteiger partial charge in [-0.1, -0.05) is 29.9 Å². The molecule has 8 heteroatoms. The van der Waals surface area contributed by atoms with Crippen LogP contribution >= 0.6 is 11.3 Å². The number of fused-ring (bicyclic) bond motifs is 1. The van der Waals surface area contributed by atoms with Crippen LogP contribution in [0.25, 0.3) is 0 Å². The van der Waals surface area contributed by atoms with Crippen molar-refractivity contribution >= 4 is 34.2 Å². The van der Waals surface area contributed by atoms with Crippen molar-refractivity contribution in [1.29, 1.82) is 0 Å². The molecule has 0 atom stereocenters. The zero-order valence-corrected chi connectivity index (χ0v) is 13.7. The molecule has 0 aliphatic carbocycles. The Morgan fingerprint density at radius 3 is 2.42 bits per heavy atom. The molecule has 0 unspecified atom stereocenters. The van der Waals surface area contributed by atoms with E-state index in [1.54, 1.807) is 29.8 Å². The molecule has 1 aromatic heterocycles. The van der Waals surface area contributed by atoms with Gasteiger partial charge in [-0.2, -0.15) is 0 Å². The van der Waals surface area contributed by atoms with Gasteiger partial charge in [0, 0.05) is 13.0 Å². The molecule has 1 aliphatic rings. The largest absolute Gasteiger partial charge is 0.301 e. The van der Waals surface area contributed by atoms with Crippen LogP contribution < -0.4 is 5.32 Å². The molecule has 1 aromatic carbocycles. The van der Waals surface area contributed by atoms with Crippen LogP contribution in [-0.2, 0) is 4.79 Å². The lowest BCUT2D eigenvalue weighted by Gasteiger charge is -2.13. The highest BCUT2D eigenvalue weighted by atomic mass is 32.1. The number of hydrogen-bond donors (Lipinski definition) is 1. The third-order valence-electron chi connectivity index (χ3n) is 3.77. The maximum absolute atomic E-state index is 12.2. The third kappa shape index (κ3) is 3.48. The van der Waals surface area contributed by atoms with Crippen molar-refractivity contribution in [1.82, 2.24) is 15.1 Å². The Balaban J connectivity index is 1.39. The number of imide groups is 1. The molecule has 124 valence electrons. The molecule has 2 heterocycles. The predicted octanol–water partition coefficient (Wildman–Crippen LogP) is 2.33. The molecule has 1 N–H and O–H groups in total. The summed E-state index contributed by atoms with van der Waals surface area (Å²) in [6, 6.07) is 6.86. The topological polar surface area (TPSA) is 92.3 Å². The van der Waals surface area contributed by atoms with Crippen molar-refractivity contribution in [2.75, 3.05) is 11.9 Å². The highest BCUT2D eigenvalue weighted by Gasteiger charge is 2.34. The first-order valence-corrected chi connectivity index (χ1v) is 8.56. The number of amides is 3. The quantitative estimate of drug-likeness (QED) is 0.615. The number of rotatable bonds is 7. The minimum atomic E-state index is -0.232. The van der Waals surface area contributed by atoms with Crippen LogP contribution in [0.3, 0.4) is 0 Å². The van der Waals surface area contributed by atoms with Crippen LogP contribution in [0.2, 0.25) is 0 Å². The Kier molecular flexibility index (Phi) is 4.95. The van der Waals surface area contributed by atoms with Crippen LogP contribution in [-0.4, -0.2) is 39.4 Å². The lowest BCUT2D eigenvalue weighted by molar-refractivity contribution is -0.116. The number of benzene rings is 1. The molecule has 0 saturated carbocycles. The summed E-state index contributed by atoms with van der Waals surface area (Å²) in [6.07, 6.45) is 2.50. The van der Waals surface area contributed by atoms with Gasteiger partial charge in [0.05, 0.1) is 11.1 Å². The van der Waals surface area contributed by atoms with E-state index in [2.05, 4.69) is 15.5 Å². The standard InChI is InChI=1S/C16H16N4O3S/c21-13(18-16-19-17-10-24-16)8-2-1-5-9-20-14(22)11-6-3-4-7-12(11)15(20)23/h3-4,6-7,10H,1-2,5,8-9H2,(H,18,19,21). The molecular formula is C16H16N4O3S. The molecule has 2 aromatic rings. The molecule has 3 amide bonds. The lowest BCUT2D eigenvalue weighted by Crippen LogP contribution is -2.30. The van der Waals surface area contributed by atoms with Gasteiger partial charge in [0.15, 0.2) is 0 Å². The summed E-state index contributed by atoms with van der Waals surface area (Å²) in [5.41, 5.74) is 2.50. The second-order valence-electron chi connectivity index (χ2n) is 5.41. The third-order valence-corrected chi connectivity index (χ3v) is 4.38. The van der Waals surface area contributed by atoms with Crippen LogP contribution in [0.1, 0.15) is 46.4 Å².